The Balaban J connectivity index is 2.01. The summed E-state index contributed by atoms with van der Waals surface area (Å²) < 4.78 is 0. The quantitative estimate of drug-likeness (QED) is 0.775. The fourth-order valence-electron chi connectivity index (χ4n) is 3.40. The monoisotopic (exact) mass is 253 g/mol. The number of hydrogen-bond acceptors (Lipinski definition) is 3. The number of carbonyl (C=O) groups is 1. The molecular weight excluding hydrogens is 226 g/mol. The van der Waals surface area contributed by atoms with Gasteiger partial charge in [0.05, 0.1) is 5.92 Å². The second-order valence-electron chi connectivity index (χ2n) is 6.22. The van der Waals surface area contributed by atoms with E-state index in [9.17, 15) is 4.79 Å². The summed E-state index contributed by atoms with van der Waals surface area (Å²) in [5.74, 6) is 0.321. The zero-order chi connectivity index (χ0) is 13.2. The van der Waals surface area contributed by atoms with Crippen molar-refractivity contribution in [3.05, 3.63) is 0 Å². The third kappa shape index (κ3) is 2.86. The summed E-state index contributed by atoms with van der Waals surface area (Å²) in [5.41, 5.74) is 6.03. The fourth-order valence-corrected chi connectivity index (χ4v) is 3.40. The molecule has 1 aliphatic carbocycles. The summed E-state index contributed by atoms with van der Waals surface area (Å²) in [6.07, 6.45) is 6.53. The average Bonchev–Trinajstić information content (AvgIpc) is 2.37. The van der Waals surface area contributed by atoms with E-state index in [0.717, 1.165) is 45.2 Å². The molecule has 18 heavy (non-hydrogen) atoms. The Morgan fingerprint density at radius 2 is 2.11 bits per heavy atom. The van der Waals surface area contributed by atoms with E-state index in [1.807, 2.05) is 18.9 Å². The Morgan fingerprint density at radius 1 is 1.33 bits per heavy atom. The molecule has 0 aromatic heterocycles. The number of likely N-dealkylation sites (tertiary alicyclic amines) is 1. The van der Waals surface area contributed by atoms with E-state index < -0.39 is 0 Å². The second-order valence-corrected chi connectivity index (χ2v) is 6.22. The van der Waals surface area contributed by atoms with Crippen molar-refractivity contribution in [1.29, 1.82) is 0 Å². The first-order valence-corrected chi connectivity index (χ1v) is 7.29. The van der Waals surface area contributed by atoms with E-state index >= 15 is 0 Å². The summed E-state index contributed by atoms with van der Waals surface area (Å²) in [4.78, 5) is 14.7. The van der Waals surface area contributed by atoms with Crippen molar-refractivity contribution < 1.29 is 4.79 Å². The Hall–Kier alpha value is -0.610. The predicted octanol–water partition coefficient (Wildman–Crippen LogP) is 1.10. The number of nitrogens with two attached hydrogens (primary N) is 1. The van der Waals surface area contributed by atoms with E-state index in [1.54, 1.807) is 0 Å². The Morgan fingerprint density at radius 3 is 2.78 bits per heavy atom. The summed E-state index contributed by atoms with van der Waals surface area (Å²) in [7, 11) is 1.98. The topological polar surface area (TPSA) is 58.4 Å². The third-order valence-corrected chi connectivity index (χ3v) is 4.69. The molecule has 2 aliphatic rings. The van der Waals surface area contributed by atoms with Gasteiger partial charge in [-0.3, -0.25) is 4.79 Å². The van der Waals surface area contributed by atoms with Gasteiger partial charge >= 0.3 is 0 Å². The SMILES string of the molecule is CNC1CCCN(C(=O)C2CCCCC2(C)N)C1. The van der Waals surface area contributed by atoms with Crippen LogP contribution in [0.1, 0.15) is 45.4 Å². The molecule has 3 unspecified atom stereocenters. The second kappa shape index (κ2) is 5.57. The highest BCUT2D eigenvalue weighted by atomic mass is 16.2. The highest BCUT2D eigenvalue weighted by Crippen LogP contribution is 2.33. The van der Waals surface area contributed by atoms with Gasteiger partial charge in [-0.15, -0.1) is 0 Å². The first-order valence-electron chi connectivity index (χ1n) is 7.29. The van der Waals surface area contributed by atoms with Crippen LogP contribution < -0.4 is 11.1 Å². The molecule has 1 saturated heterocycles. The molecule has 0 spiro atoms. The van der Waals surface area contributed by atoms with E-state index in [4.69, 9.17) is 5.73 Å². The van der Waals surface area contributed by atoms with E-state index in [1.165, 1.54) is 6.42 Å². The van der Waals surface area contributed by atoms with Crippen LogP contribution in [-0.4, -0.2) is 42.5 Å². The summed E-state index contributed by atoms with van der Waals surface area (Å²) in [5, 5.41) is 3.29. The lowest BCUT2D eigenvalue weighted by Crippen LogP contribution is -2.56. The summed E-state index contributed by atoms with van der Waals surface area (Å²) >= 11 is 0. The molecule has 0 aromatic rings. The van der Waals surface area contributed by atoms with E-state index in [-0.39, 0.29) is 11.5 Å². The van der Waals surface area contributed by atoms with Gasteiger partial charge in [-0.05, 0) is 39.7 Å². The van der Waals surface area contributed by atoms with Crippen LogP contribution in [-0.2, 0) is 4.79 Å². The van der Waals surface area contributed by atoms with Crippen molar-refractivity contribution in [3.8, 4) is 0 Å². The molecule has 0 aromatic carbocycles. The van der Waals surface area contributed by atoms with Crippen LogP contribution in [0.5, 0.6) is 0 Å². The number of rotatable bonds is 2. The first-order chi connectivity index (χ1) is 8.54. The first kappa shape index (κ1) is 13.8. The standard InChI is InChI=1S/C14H27N3O/c1-14(15)8-4-3-7-12(14)13(18)17-9-5-6-11(10-17)16-2/h11-12,16H,3-10,15H2,1-2H3. The number of likely N-dealkylation sites (N-methyl/N-ethyl adjacent to an activating group) is 1. The smallest absolute Gasteiger partial charge is 0.227 e. The number of piperidine rings is 1. The van der Waals surface area contributed by atoms with Gasteiger partial charge in [-0.25, -0.2) is 0 Å². The molecule has 3 N–H and O–H groups in total. The van der Waals surface area contributed by atoms with Gasteiger partial charge in [0, 0.05) is 24.7 Å². The number of nitrogens with one attached hydrogen (secondary N) is 1. The van der Waals surface area contributed by atoms with Crippen molar-refractivity contribution in [1.82, 2.24) is 10.2 Å². The lowest BCUT2D eigenvalue weighted by Gasteiger charge is -2.42. The summed E-state index contributed by atoms with van der Waals surface area (Å²) in [6, 6.07) is 0.454. The molecule has 4 heteroatoms. The lowest BCUT2D eigenvalue weighted by molar-refractivity contribution is -0.140. The molecular formula is C14H27N3O. The van der Waals surface area contributed by atoms with Gasteiger partial charge in [0.1, 0.15) is 0 Å². The number of nitrogens with zero attached hydrogens (tertiary/aromatic N) is 1. The van der Waals surface area contributed by atoms with Crippen LogP contribution in [0, 0.1) is 5.92 Å². The average molecular weight is 253 g/mol. The Labute approximate surface area is 110 Å². The highest BCUT2D eigenvalue weighted by molar-refractivity contribution is 5.80. The minimum atomic E-state index is -0.304. The maximum Gasteiger partial charge on any atom is 0.227 e. The van der Waals surface area contributed by atoms with Crippen molar-refractivity contribution in [2.45, 2.75) is 57.0 Å². The molecule has 0 radical (unpaired) electrons. The van der Waals surface area contributed by atoms with Crippen molar-refractivity contribution in [2.75, 3.05) is 20.1 Å². The van der Waals surface area contributed by atoms with Crippen LogP contribution in [0.4, 0.5) is 0 Å². The van der Waals surface area contributed by atoms with Crippen molar-refractivity contribution in [3.63, 3.8) is 0 Å². The van der Waals surface area contributed by atoms with Crippen molar-refractivity contribution in [2.24, 2.45) is 11.7 Å². The molecule has 1 saturated carbocycles. The van der Waals surface area contributed by atoms with E-state index in [2.05, 4.69) is 5.32 Å². The maximum absolute atomic E-state index is 12.6. The predicted molar refractivity (Wildman–Crippen MR) is 73.2 cm³/mol. The molecule has 0 bridgehead atoms. The largest absolute Gasteiger partial charge is 0.341 e. The van der Waals surface area contributed by atoms with Gasteiger partial charge in [0.2, 0.25) is 5.91 Å². The van der Waals surface area contributed by atoms with Gasteiger partial charge in [-0.2, -0.15) is 0 Å². The normalized spacial score (nSPS) is 37.6. The lowest BCUT2D eigenvalue weighted by atomic mass is 9.74. The molecule has 3 atom stereocenters. The molecule has 4 nitrogen and oxygen atoms in total. The molecule has 1 amide bonds. The minimum Gasteiger partial charge on any atom is -0.341 e. The van der Waals surface area contributed by atoms with Crippen LogP contribution in [0.15, 0.2) is 0 Å². The minimum absolute atomic E-state index is 0.0295. The van der Waals surface area contributed by atoms with Crippen LogP contribution in [0.2, 0.25) is 0 Å². The molecule has 2 fully saturated rings. The van der Waals surface area contributed by atoms with Gasteiger partial charge in [0.25, 0.3) is 0 Å². The molecule has 1 aliphatic heterocycles. The third-order valence-electron chi connectivity index (χ3n) is 4.69. The molecule has 1 heterocycles. The highest BCUT2D eigenvalue weighted by Gasteiger charge is 2.40. The number of carbonyl (C=O) groups excluding carboxylic acids is 1. The Bertz CT molecular complexity index is 303. The van der Waals surface area contributed by atoms with Crippen molar-refractivity contribution >= 4 is 5.91 Å². The Kier molecular flexibility index (Phi) is 4.28. The van der Waals surface area contributed by atoms with Crippen LogP contribution in [0.25, 0.3) is 0 Å². The maximum atomic E-state index is 12.6. The zero-order valence-electron chi connectivity index (χ0n) is 11.7. The number of hydrogen-bond donors (Lipinski definition) is 2. The molecule has 2 rings (SSSR count). The zero-order valence-corrected chi connectivity index (χ0v) is 11.7. The van der Waals surface area contributed by atoms with Gasteiger partial charge in [0.15, 0.2) is 0 Å². The van der Waals surface area contributed by atoms with Crippen LogP contribution >= 0.6 is 0 Å². The van der Waals surface area contributed by atoms with E-state index in [0.29, 0.717) is 11.9 Å². The van der Waals surface area contributed by atoms with Gasteiger partial charge in [-0.1, -0.05) is 12.8 Å². The number of amides is 1. The summed E-state index contributed by atoms with van der Waals surface area (Å²) in [6.45, 7) is 3.81. The van der Waals surface area contributed by atoms with Crippen LogP contribution in [0.3, 0.4) is 0 Å². The molecule has 104 valence electrons. The van der Waals surface area contributed by atoms with Gasteiger partial charge < -0.3 is 16.0 Å². The fraction of sp³-hybridized carbons (Fsp3) is 0.929.